The van der Waals surface area contributed by atoms with Gasteiger partial charge in [-0.15, -0.1) is 5.10 Å². The van der Waals surface area contributed by atoms with Crippen LogP contribution in [0.15, 0.2) is 123 Å². The average molecular weight is 629 g/mol. The second-order valence-electron chi connectivity index (χ2n) is 10.2. The smallest absolute Gasteiger partial charge is 0.344 e. The number of hydrogen-bond acceptors (Lipinski definition) is 7. The second-order valence-corrected chi connectivity index (χ2v) is 11.1. The van der Waals surface area contributed by atoms with E-state index in [2.05, 4.69) is 20.9 Å². The molecular formula is C34H21BrN4O4. The van der Waals surface area contributed by atoms with Gasteiger partial charge in [-0.2, -0.15) is 0 Å². The molecule has 0 radical (unpaired) electrons. The molecule has 1 aliphatic rings. The summed E-state index contributed by atoms with van der Waals surface area (Å²) in [5.41, 5.74) is 4.17. The summed E-state index contributed by atoms with van der Waals surface area (Å²) >= 11 is 3.48. The monoisotopic (exact) mass is 628 g/mol. The fourth-order valence-electron chi connectivity index (χ4n) is 5.51. The molecule has 8 rings (SSSR count). The van der Waals surface area contributed by atoms with E-state index in [9.17, 15) is 4.79 Å². The lowest BCUT2D eigenvalue weighted by Crippen LogP contribution is -2.22. The largest absolute Gasteiger partial charge is 0.489 e. The quantitative estimate of drug-likeness (QED) is 0.182. The molecule has 3 aromatic heterocycles. The highest BCUT2D eigenvalue weighted by atomic mass is 79.9. The van der Waals surface area contributed by atoms with Crippen molar-refractivity contribution in [3.05, 3.63) is 147 Å². The van der Waals surface area contributed by atoms with Crippen LogP contribution in [0.25, 0.3) is 28.0 Å². The summed E-state index contributed by atoms with van der Waals surface area (Å²) in [6.07, 6.45) is 1.58. The predicted octanol–water partition coefficient (Wildman–Crippen LogP) is 7.53. The van der Waals surface area contributed by atoms with Crippen molar-refractivity contribution in [3.63, 3.8) is 0 Å². The predicted molar refractivity (Wildman–Crippen MR) is 165 cm³/mol. The van der Waals surface area contributed by atoms with E-state index in [4.69, 9.17) is 24.0 Å². The van der Waals surface area contributed by atoms with Gasteiger partial charge in [-0.05, 0) is 47.5 Å². The Kier molecular flexibility index (Phi) is 6.04. The molecule has 0 bridgehead atoms. The van der Waals surface area contributed by atoms with Crippen molar-refractivity contribution >= 4 is 32.5 Å². The number of para-hydroxylation sites is 1. The number of fused-ring (bicyclic) bond motifs is 6. The van der Waals surface area contributed by atoms with Crippen LogP contribution in [0.2, 0.25) is 0 Å². The van der Waals surface area contributed by atoms with E-state index < -0.39 is 11.5 Å². The molecule has 208 valence electrons. The Morgan fingerprint density at radius 2 is 1.70 bits per heavy atom. The first-order valence-electron chi connectivity index (χ1n) is 13.6. The van der Waals surface area contributed by atoms with Gasteiger partial charge in [0, 0.05) is 10.0 Å². The Morgan fingerprint density at radius 3 is 2.56 bits per heavy atom. The standard InChI is InChI=1S/C34H21BrN4O4/c35-23-15-13-21(14-16-23)31-37-32-29-27(22-9-6-10-24(17-22)41-18-20-7-2-1-3-8-20)28-30(43-33(29)36-19-39(32)38-31)25-11-4-5-12-26(25)42-34(28)40/h1-17,19,27H,18H2. The van der Waals surface area contributed by atoms with Gasteiger partial charge in [0.25, 0.3) is 0 Å². The van der Waals surface area contributed by atoms with Crippen LogP contribution < -0.4 is 15.1 Å². The van der Waals surface area contributed by atoms with Gasteiger partial charge < -0.3 is 13.9 Å². The molecule has 43 heavy (non-hydrogen) atoms. The van der Waals surface area contributed by atoms with E-state index >= 15 is 0 Å². The molecular weight excluding hydrogens is 608 g/mol. The van der Waals surface area contributed by atoms with Crippen molar-refractivity contribution in [2.45, 2.75) is 12.5 Å². The number of halogens is 1. The topological polar surface area (TPSA) is 91.8 Å². The van der Waals surface area contributed by atoms with Gasteiger partial charge in [0.1, 0.15) is 24.3 Å². The lowest BCUT2D eigenvalue weighted by atomic mass is 9.84. The van der Waals surface area contributed by atoms with E-state index in [0.29, 0.717) is 57.6 Å². The third-order valence-corrected chi connectivity index (χ3v) is 8.03. The van der Waals surface area contributed by atoms with Crippen LogP contribution >= 0.6 is 15.9 Å². The Hall–Kier alpha value is -5.28. The van der Waals surface area contributed by atoms with Gasteiger partial charge >= 0.3 is 5.63 Å². The Morgan fingerprint density at radius 1 is 0.884 bits per heavy atom. The van der Waals surface area contributed by atoms with Crippen LogP contribution in [0.5, 0.6) is 17.4 Å². The highest BCUT2D eigenvalue weighted by Gasteiger charge is 2.37. The first-order valence-corrected chi connectivity index (χ1v) is 14.4. The molecule has 0 fully saturated rings. The molecule has 9 heteroatoms. The van der Waals surface area contributed by atoms with E-state index in [-0.39, 0.29) is 0 Å². The number of rotatable bonds is 5. The minimum absolute atomic E-state index is 0.353. The SMILES string of the molecule is O=c1oc2ccccc2c2c1C(c1cccc(OCc3ccccc3)c1)c1c(ncn3nc(-c4ccc(Br)cc4)nc13)O2. The Bertz CT molecular complexity index is 2210. The summed E-state index contributed by atoms with van der Waals surface area (Å²) in [6, 6.07) is 32.8. The maximum atomic E-state index is 13.7. The maximum Gasteiger partial charge on any atom is 0.344 e. The van der Waals surface area contributed by atoms with E-state index in [0.717, 1.165) is 21.2 Å². The van der Waals surface area contributed by atoms with Crippen LogP contribution in [0.1, 0.15) is 28.2 Å². The van der Waals surface area contributed by atoms with Gasteiger partial charge in [0.05, 0.1) is 22.4 Å². The number of aromatic nitrogens is 4. The molecule has 0 amide bonds. The van der Waals surface area contributed by atoms with Crippen LogP contribution in [-0.2, 0) is 6.61 Å². The Balaban J connectivity index is 1.33. The van der Waals surface area contributed by atoms with Crippen LogP contribution in [0, 0.1) is 0 Å². The summed E-state index contributed by atoms with van der Waals surface area (Å²) in [5.74, 6) is 1.35. The number of ether oxygens (including phenoxy) is 2. The third-order valence-electron chi connectivity index (χ3n) is 7.50. The highest BCUT2D eigenvalue weighted by molar-refractivity contribution is 9.10. The molecule has 7 aromatic rings. The summed E-state index contributed by atoms with van der Waals surface area (Å²) in [4.78, 5) is 23.3. The van der Waals surface area contributed by atoms with Crippen molar-refractivity contribution in [3.8, 4) is 28.8 Å². The fourth-order valence-corrected chi connectivity index (χ4v) is 5.77. The summed E-state index contributed by atoms with van der Waals surface area (Å²) < 4.78 is 21.0. The Labute approximate surface area is 253 Å². The van der Waals surface area contributed by atoms with Gasteiger partial charge in [0.2, 0.25) is 5.88 Å². The summed E-state index contributed by atoms with van der Waals surface area (Å²) in [6.45, 7) is 0.407. The molecule has 1 aliphatic heterocycles. The molecule has 0 aliphatic carbocycles. The van der Waals surface area contributed by atoms with Crippen molar-refractivity contribution in [2.75, 3.05) is 0 Å². The van der Waals surface area contributed by atoms with Crippen molar-refractivity contribution in [2.24, 2.45) is 0 Å². The van der Waals surface area contributed by atoms with Gasteiger partial charge in [-0.1, -0.05) is 82.7 Å². The van der Waals surface area contributed by atoms with Gasteiger partial charge in [0.15, 0.2) is 17.2 Å². The fraction of sp³-hybridized carbons (Fsp3) is 0.0588. The first-order chi connectivity index (χ1) is 21.1. The maximum absolute atomic E-state index is 13.7. The lowest BCUT2D eigenvalue weighted by Gasteiger charge is -2.27. The van der Waals surface area contributed by atoms with Crippen molar-refractivity contribution in [1.29, 1.82) is 0 Å². The molecule has 1 atom stereocenters. The molecule has 0 spiro atoms. The van der Waals surface area contributed by atoms with Crippen LogP contribution in [0.3, 0.4) is 0 Å². The van der Waals surface area contributed by atoms with Gasteiger partial charge in [-0.3, -0.25) is 0 Å². The minimum Gasteiger partial charge on any atom is -0.489 e. The zero-order chi connectivity index (χ0) is 28.9. The van der Waals surface area contributed by atoms with E-state index in [1.165, 1.54) is 0 Å². The van der Waals surface area contributed by atoms with Crippen LogP contribution in [-0.4, -0.2) is 19.6 Å². The molecule has 0 saturated carbocycles. The van der Waals surface area contributed by atoms with Crippen LogP contribution in [0.4, 0.5) is 0 Å². The summed E-state index contributed by atoms with van der Waals surface area (Å²) in [7, 11) is 0. The minimum atomic E-state index is -0.613. The van der Waals surface area contributed by atoms with E-state index in [1.54, 1.807) is 16.9 Å². The zero-order valence-electron chi connectivity index (χ0n) is 22.5. The molecule has 8 nitrogen and oxygen atoms in total. The summed E-state index contributed by atoms with van der Waals surface area (Å²) in [5, 5.41) is 5.39. The molecule has 0 N–H and O–H groups in total. The molecule has 4 heterocycles. The van der Waals surface area contributed by atoms with Crippen molar-refractivity contribution in [1.82, 2.24) is 19.6 Å². The second kappa shape index (κ2) is 10.2. The van der Waals surface area contributed by atoms with Crippen molar-refractivity contribution < 1.29 is 13.9 Å². The molecule has 1 unspecified atom stereocenters. The number of benzene rings is 4. The number of hydrogen-bond donors (Lipinski definition) is 0. The van der Waals surface area contributed by atoms with Gasteiger partial charge in [-0.25, -0.2) is 19.3 Å². The number of nitrogens with zero attached hydrogens (tertiary/aromatic N) is 4. The zero-order valence-corrected chi connectivity index (χ0v) is 24.1. The van der Waals surface area contributed by atoms with E-state index in [1.807, 2.05) is 97.1 Å². The highest BCUT2D eigenvalue weighted by Crippen LogP contribution is 2.49. The molecule has 0 saturated heterocycles. The lowest BCUT2D eigenvalue weighted by molar-refractivity contribution is 0.306. The third kappa shape index (κ3) is 4.45. The normalized spacial score (nSPS) is 13.8. The first kappa shape index (κ1) is 25.4. The average Bonchev–Trinajstić information content (AvgIpc) is 3.49. The molecule has 4 aromatic carbocycles.